The van der Waals surface area contributed by atoms with Crippen molar-refractivity contribution < 1.29 is 19.8 Å². The fourth-order valence-corrected chi connectivity index (χ4v) is 1.86. The van der Waals surface area contributed by atoms with E-state index in [0.29, 0.717) is 6.54 Å². The van der Waals surface area contributed by atoms with Gasteiger partial charge < -0.3 is 20.4 Å². The number of aliphatic hydroxyl groups is 2. The van der Waals surface area contributed by atoms with Crippen LogP contribution in [0.25, 0.3) is 0 Å². The zero-order chi connectivity index (χ0) is 13.7. The first kappa shape index (κ1) is 15.0. The van der Waals surface area contributed by atoms with Crippen molar-refractivity contribution in [3.8, 4) is 0 Å². The van der Waals surface area contributed by atoms with E-state index in [4.69, 9.17) is 0 Å². The molecule has 7 heteroatoms. The van der Waals surface area contributed by atoms with Crippen molar-refractivity contribution in [2.45, 2.75) is 19.1 Å². The van der Waals surface area contributed by atoms with Crippen LogP contribution in [-0.2, 0) is 9.59 Å². The van der Waals surface area contributed by atoms with Gasteiger partial charge in [0.2, 0.25) is 0 Å². The van der Waals surface area contributed by atoms with Crippen LogP contribution >= 0.6 is 0 Å². The lowest BCUT2D eigenvalue weighted by atomic mass is 10.2. The summed E-state index contributed by atoms with van der Waals surface area (Å²) in [6, 6.07) is 0. The number of hydrogen-bond acceptors (Lipinski definition) is 6. The topological polar surface area (TPSA) is 93.1 Å². The lowest BCUT2D eigenvalue weighted by Crippen LogP contribution is -2.41. The quantitative estimate of drug-likeness (QED) is 0.442. The Morgan fingerprint density at radius 2 is 1.78 bits per heavy atom. The highest BCUT2D eigenvalue weighted by Crippen LogP contribution is 2.13. The number of aliphatic hydroxyl groups excluding tert-OH is 2. The maximum atomic E-state index is 11.5. The Hall–Kier alpha value is -1.02. The number of imide groups is 1. The number of likely N-dealkylation sites (N-methyl/N-ethyl adjacent to an activating group) is 2. The normalized spacial score (nSPS) is 24.4. The molecule has 7 nitrogen and oxygen atoms in total. The van der Waals surface area contributed by atoms with Gasteiger partial charge in [-0.05, 0) is 13.6 Å². The van der Waals surface area contributed by atoms with E-state index >= 15 is 0 Å². The minimum Gasteiger partial charge on any atom is -0.380 e. The van der Waals surface area contributed by atoms with Crippen LogP contribution < -0.4 is 5.32 Å². The molecule has 18 heavy (non-hydrogen) atoms. The van der Waals surface area contributed by atoms with Crippen molar-refractivity contribution in [1.29, 1.82) is 0 Å². The summed E-state index contributed by atoms with van der Waals surface area (Å²) in [5, 5.41) is 21.6. The third kappa shape index (κ3) is 3.26. The molecule has 3 N–H and O–H groups in total. The summed E-state index contributed by atoms with van der Waals surface area (Å²) in [4.78, 5) is 26.0. The third-order valence-corrected chi connectivity index (χ3v) is 3.10. The van der Waals surface area contributed by atoms with Crippen LogP contribution in [0.1, 0.15) is 6.92 Å². The number of carbonyl (C=O) groups excluding carboxylic acids is 2. The molecule has 2 amide bonds. The molecule has 0 bridgehead atoms. The predicted molar refractivity (Wildman–Crippen MR) is 64.8 cm³/mol. The van der Waals surface area contributed by atoms with Crippen LogP contribution in [0.5, 0.6) is 0 Å². The highest BCUT2D eigenvalue weighted by Gasteiger charge is 2.45. The number of nitrogens with one attached hydrogen (secondary N) is 1. The third-order valence-electron chi connectivity index (χ3n) is 3.10. The average Bonchev–Trinajstić information content (AvgIpc) is 2.55. The Kier molecular flexibility index (Phi) is 5.67. The largest absolute Gasteiger partial charge is 0.380 e. The molecule has 2 atom stereocenters. The Morgan fingerprint density at radius 1 is 1.22 bits per heavy atom. The molecule has 1 aliphatic heterocycles. The lowest BCUT2D eigenvalue weighted by molar-refractivity contribution is -0.141. The van der Waals surface area contributed by atoms with Crippen molar-refractivity contribution >= 4 is 11.8 Å². The molecule has 0 saturated carbocycles. The summed E-state index contributed by atoms with van der Waals surface area (Å²) in [5.74, 6) is -1.42. The van der Waals surface area contributed by atoms with E-state index in [1.807, 2.05) is 14.0 Å². The van der Waals surface area contributed by atoms with E-state index in [1.165, 1.54) is 0 Å². The second kappa shape index (κ2) is 6.79. The molecular weight excluding hydrogens is 238 g/mol. The molecule has 1 aliphatic rings. The molecule has 0 spiro atoms. The summed E-state index contributed by atoms with van der Waals surface area (Å²) in [7, 11) is 1.86. The maximum Gasteiger partial charge on any atom is 0.261 e. The Labute approximate surface area is 106 Å². The van der Waals surface area contributed by atoms with Gasteiger partial charge in [0, 0.05) is 26.2 Å². The molecule has 2 unspecified atom stereocenters. The number of hydrogen-bond donors (Lipinski definition) is 3. The Morgan fingerprint density at radius 3 is 2.22 bits per heavy atom. The maximum absolute atomic E-state index is 11.5. The van der Waals surface area contributed by atoms with Crippen molar-refractivity contribution in [3.63, 3.8) is 0 Å². The highest BCUT2D eigenvalue weighted by molar-refractivity contribution is 6.07. The van der Waals surface area contributed by atoms with Gasteiger partial charge in [-0.25, -0.2) is 0 Å². The number of rotatable bonds is 7. The number of nitrogens with zero attached hydrogens (tertiary/aromatic N) is 2. The first-order chi connectivity index (χ1) is 8.52. The Balaban J connectivity index is 2.47. The molecule has 0 aromatic carbocycles. The van der Waals surface area contributed by atoms with Crippen LogP contribution in [0.2, 0.25) is 0 Å². The number of likely N-dealkylation sites (tertiary alicyclic amines) is 1. The molecule has 1 heterocycles. The molecule has 1 rings (SSSR count). The van der Waals surface area contributed by atoms with Crippen LogP contribution in [0, 0.1) is 0 Å². The first-order valence-corrected chi connectivity index (χ1v) is 6.11. The van der Waals surface area contributed by atoms with Gasteiger partial charge in [-0.3, -0.25) is 14.5 Å². The van der Waals surface area contributed by atoms with E-state index in [-0.39, 0.29) is 6.54 Å². The number of carbonyl (C=O) groups is 2. The smallest absolute Gasteiger partial charge is 0.261 e. The van der Waals surface area contributed by atoms with E-state index in [2.05, 4.69) is 10.2 Å². The molecule has 104 valence electrons. The standard InChI is InChI=1S/C11H21N3O4/c1-3-13(5-4-12-2)6-7-14-10(17)8(15)9(16)11(14)18/h8-9,12,15-16H,3-7H2,1-2H3. The SMILES string of the molecule is CCN(CCNC)CCN1C(=O)C(O)C(O)C1=O. The van der Waals surface area contributed by atoms with Gasteiger partial charge in [-0.2, -0.15) is 0 Å². The van der Waals surface area contributed by atoms with Crippen LogP contribution in [0.3, 0.4) is 0 Å². The summed E-state index contributed by atoms with van der Waals surface area (Å²) in [6.45, 7) is 5.17. The summed E-state index contributed by atoms with van der Waals surface area (Å²) in [6.07, 6.45) is -3.21. The Bertz CT molecular complexity index is 291. The van der Waals surface area contributed by atoms with E-state index in [0.717, 1.165) is 24.5 Å². The summed E-state index contributed by atoms with van der Waals surface area (Å²) in [5.41, 5.74) is 0. The van der Waals surface area contributed by atoms with E-state index in [9.17, 15) is 19.8 Å². The monoisotopic (exact) mass is 259 g/mol. The van der Waals surface area contributed by atoms with Gasteiger partial charge in [0.15, 0.2) is 12.2 Å². The van der Waals surface area contributed by atoms with Crippen LogP contribution in [0.15, 0.2) is 0 Å². The fourth-order valence-electron chi connectivity index (χ4n) is 1.86. The van der Waals surface area contributed by atoms with Gasteiger partial charge in [-0.15, -0.1) is 0 Å². The zero-order valence-corrected chi connectivity index (χ0v) is 10.8. The average molecular weight is 259 g/mol. The van der Waals surface area contributed by atoms with Gasteiger partial charge in [0.25, 0.3) is 11.8 Å². The van der Waals surface area contributed by atoms with E-state index < -0.39 is 24.0 Å². The summed E-state index contributed by atoms with van der Waals surface area (Å²) >= 11 is 0. The molecule has 1 fully saturated rings. The van der Waals surface area contributed by atoms with Crippen LogP contribution in [0.4, 0.5) is 0 Å². The first-order valence-electron chi connectivity index (χ1n) is 6.11. The molecular formula is C11H21N3O4. The molecule has 0 radical (unpaired) electrons. The van der Waals surface area contributed by atoms with Crippen molar-refractivity contribution in [2.24, 2.45) is 0 Å². The van der Waals surface area contributed by atoms with Gasteiger partial charge in [-0.1, -0.05) is 6.92 Å². The number of amides is 2. The second-order valence-corrected chi connectivity index (χ2v) is 4.26. The lowest BCUT2D eigenvalue weighted by Gasteiger charge is -2.23. The van der Waals surface area contributed by atoms with Crippen molar-refractivity contribution in [1.82, 2.24) is 15.1 Å². The minimum atomic E-state index is -1.61. The van der Waals surface area contributed by atoms with E-state index in [1.54, 1.807) is 0 Å². The second-order valence-electron chi connectivity index (χ2n) is 4.26. The molecule has 0 aromatic rings. The van der Waals surface area contributed by atoms with Crippen LogP contribution in [-0.4, -0.2) is 83.8 Å². The zero-order valence-electron chi connectivity index (χ0n) is 10.8. The fraction of sp³-hybridized carbons (Fsp3) is 0.818. The molecule has 0 aromatic heterocycles. The van der Waals surface area contributed by atoms with Crippen molar-refractivity contribution in [3.05, 3.63) is 0 Å². The predicted octanol–water partition coefficient (Wildman–Crippen LogP) is -2.38. The van der Waals surface area contributed by atoms with Gasteiger partial charge in [0.05, 0.1) is 0 Å². The van der Waals surface area contributed by atoms with Crippen molar-refractivity contribution in [2.75, 3.05) is 39.8 Å². The minimum absolute atomic E-state index is 0.198. The highest BCUT2D eigenvalue weighted by atomic mass is 16.4. The summed E-state index contributed by atoms with van der Waals surface area (Å²) < 4.78 is 0. The molecule has 0 aliphatic carbocycles. The van der Waals surface area contributed by atoms with Gasteiger partial charge >= 0.3 is 0 Å². The van der Waals surface area contributed by atoms with Gasteiger partial charge in [0.1, 0.15) is 0 Å². The molecule has 1 saturated heterocycles.